The maximum absolute atomic E-state index is 11.5. The Bertz CT molecular complexity index is 631. The largest absolute Gasteiger partial charge is 0.711 e. The van der Waals surface area contributed by atoms with Crippen molar-refractivity contribution < 1.29 is 4.73 Å². The Morgan fingerprint density at radius 2 is 1.88 bits per heavy atom. The Morgan fingerprint density at radius 3 is 2.62 bits per heavy atom. The van der Waals surface area contributed by atoms with Crippen LogP contribution >= 0.6 is 0 Å². The highest BCUT2D eigenvalue weighted by molar-refractivity contribution is 5.73. The molecule has 2 aromatic heterocycles. The Hall–Kier alpha value is -2.36. The first-order valence-corrected chi connectivity index (χ1v) is 4.98. The molecule has 0 amide bonds. The van der Waals surface area contributed by atoms with Crippen molar-refractivity contribution in [3.05, 3.63) is 53.9 Å². The Kier molecular flexibility index (Phi) is 1.86. The summed E-state index contributed by atoms with van der Waals surface area (Å²) < 4.78 is 0.786. The van der Waals surface area contributed by atoms with Gasteiger partial charge in [-0.3, -0.25) is 0 Å². The molecule has 3 rings (SSSR count). The van der Waals surface area contributed by atoms with Crippen molar-refractivity contribution in [3.63, 3.8) is 0 Å². The normalized spacial score (nSPS) is 10.8. The van der Waals surface area contributed by atoms with Crippen molar-refractivity contribution in [2.45, 2.75) is 0 Å². The van der Waals surface area contributed by atoms with Gasteiger partial charge in [0.1, 0.15) is 0 Å². The van der Waals surface area contributed by atoms with E-state index in [0.717, 1.165) is 10.3 Å². The van der Waals surface area contributed by atoms with Gasteiger partial charge in [0.05, 0.1) is 6.20 Å². The van der Waals surface area contributed by atoms with E-state index in [-0.39, 0.29) is 0 Å². The summed E-state index contributed by atoms with van der Waals surface area (Å²) in [4.78, 5) is 7.39. The number of fused-ring (bicyclic) bond motifs is 1. The van der Waals surface area contributed by atoms with Gasteiger partial charge in [0, 0.05) is 5.56 Å². The molecule has 0 saturated carbocycles. The lowest BCUT2D eigenvalue weighted by Gasteiger charge is -1.98. The van der Waals surface area contributed by atoms with Crippen LogP contribution in [0.4, 0.5) is 0 Å². The molecule has 0 fully saturated rings. The summed E-state index contributed by atoms with van der Waals surface area (Å²) in [5.41, 5.74) is 2.14. The summed E-state index contributed by atoms with van der Waals surface area (Å²) in [6.07, 6.45) is 1.45. The van der Waals surface area contributed by atoms with E-state index < -0.39 is 0 Å². The first-order chi connectivity index (χ1) is 7.84. The Labute approximate surface area is 91.8 Å². The highest BCUT2D eigenvalue weighted by atomic mass is 16.5. The maximum atomic E-state index is 11.5. The summed E-state index contributed by atoms with van der Waals surface area (Å²) in [5.74, 6) is 0.714. The fraction of sp³-hybridized carbons (Fsp3) is 0. The molecule has 0 bridgehead atoms. The topological polar surface area (TPSA) is 55.6 Å². The van der Waals surface area contributed by atoms with E-state index in [9.17, 15) is 5.21 Å². The number of imidazole rings is 1. The van der Waals surface area contributed by atoms with Crippen LogP contribution in [0.3, 0.4) is 0 Å². The van der Waals surface area contributed by atoms with Crippen molar-refractivity contribution in [1.82, 2.24) is 9.97 Å². The minimum atomic E-state index is 0.487. The molecule has 4 nitrogen and oxygen atoms in total. The van der Waals surface area contributed by atoms with E-state index in [2.05, 4.69) is 9.97 Å². The van der Waals surface area contributed by atoms with Crippen LogP contribution in [-0.2, 0) is 0 Å². The SMILES string of the molecule is [O-][n+]1cccc2nc(-c3ccccc3)[nH]c21. The molecule has 3 aromatic rings. The number of hydrogen-bond acceptors (Lipinski definition) is 2. The van der Waals surface area contributed by atoms with Gasteiger partial charge in [-0.15, -0.1) is 0 Å². The van der Waals surface area contributed by atoms with Crippen molar-refractivity contribution >= 4 is 11.2 Å². The Balaban J connectivity index is 2.23. The molecule has 1 N–H and O–H groups in total. The molecule has 78 valence electrons. The van der Waals surface area contributed by atoms with Crippen LogP contribution < -0.4 is 4.73 Å². The van der Waals surface area contributed by atoms with Gasteiger partial charge in [-0.25, -0.2) is 14.7 Å². The molecule has 0 saturated heterocycles. The van der Waals surface area contributed by atoms with Gasteiger partial charge in [0.2, 0.25) is 5.82 Å². The van der Waals surface area contributed by atoms with Crippen molar-refractivity contribution in [1.29, 1.82) is 0 Å². The first-order valence-electron chi connectivity index (χ1n) is 4.98. The molecule has 1 aromatic carbocycles. The lowest BCUT2D eigenvalue weighted by atomic mass is 10.2. The molecule has 16 heavy (non-hydrogen) atoms. The second kappa shape index (κ2) is 3.34. The van der Waals surface area contributed by atoms with Crippen LogP contribution in [-0.4, -0.2) is 9.97 Å². The van der Waals surface area contributed by atoms with Gasteiger partial charge in [0.25, 0.3) is 0 Å². The zero-order valence-electron chi connectivity index (χ0n) is 8.42. The predicted molar refractivity (Wildman–Crippen MR) is 60.5 cm³/mol. The number of aromatic amines is 1. The first kappa shape index (κ1) is 8.91. The lowest BCUT2D eigenvalue weighted by Crippen LogP contribution is -2.25. The fourth-order valence-electron chi connectivity index (χ4n) is 1.68. The van der Waals surface area contributed by atoms with E-state index in [1.165, 1.54) is 6.20 Å². The average Bonchev–Trinajstić information content (AvgIpc) is 2.76. The van der Waals surface area contributed by atoms with Crippen LogP contribution in [0.15, 0.2) is 48.7 Å². The molecule has 0 aliphatic carbocycles. The van der Waals surface area contributed by atoms with E-state index in [1.807, 2.05) is 36.4 Å². The lowest BCUT2D eigenvalue weighted by molar-refractivity contribution is -0.579. The summed E-state index contributed by atoms with van der Waals surface area (Å²) in [6.45, 7) is 0. The number of nitrogens with one attached hydrogen (secondary N) is 1. The summed E-state index contributed by atoms with van der Waals surface area (Å²) in [6, 6.07) is 13.2. The van der Waals surface area contributed by atoms with E-state index in [0.29, 0.717) is 17.0 Å². The zero-order valence-corrected chi connectivity index (χ0v) is 8.42. The van der Waals surface area contributed by atoms with Crippen LogP contribution in [0.25, 0.3) is 22.6 Å². The standard InChI is InChI=1S/C12H9N3O/c16-15-8-4-7-10-12(15)14-11(13-10)9-5-2-1-3-6-9/h1-8H,(H,13,14). The molecular formula is C12H9N3O. The zero-order chi connectivity index (χ0) is 11.0. The van der Waals surface area contributed by atoms with Gasteiger partial charge in [-0.2, -0.15) is 0 Å². The van der Waals surface area contributed by atoms with Gasteiger partial charge < -0.3 is 5.21 Å². The minimum absolute atomic E-state index is 0.487. The highest BCUT2D eigenvalue weighted by Crippen LogP contribution is 2.17. The molecule has 4 heteroatoms. The van der Waals surface area contributed by atoms with Gasteiger partial charge >= 0.3 is 5.65 Å². The molecule has 0 spiro atoms. The van der Waals surface area contributed by atoms with E-state index in [4.69, 9.17) is 0 Å². The number of benzene rings is 1. The second-order valence-corrected chi connectivity index (χ2v) is 3.52. The average molecular weight is 211 g/mol. The van der Waals surface area contributed by atoms with Crippen molar-refractivity contribution in [2.24, 2.45) is 0 Å². The van der Waals surface area contributed by atoms with E-state index >= 15 is 0 Å². The molecule has 2 heterocycles. The molecule has 0 unspecified atom stereocenters. The highest BCUT2D eigenvalue weighted by Gasteiger charge is 2.11. The monoisotopic (exact) mass is 211 g/mol. The fourth-order valence-corrected chi connectivity index (χ4v) is 1.68. The molecule has 0 atom stereocenters. The minimum Gasteiger partial charge on any atom is -0.711 e. The number of nitrogens with zero attached hydrogens (tertiary/aromatic N) is 2. The quantitative estimate of drug-likeness (QED) is 0.493. The maximum Gasteiger partial charge on any atom is 0.310 e. The van der Waals surface area contributed by atoms with Crippen LogP contribution in [0.1, 0.15) is 0 Å². The third-order valence-corrected chi connectivity index (χ3v) is 2.45. The van der Waals surface area contributed by atoms with Crippen LogP contribution in [0.5, 0.6) is 0 Å². The third-order valence-electron chi connectivity index (χ3n) is 2.45. The second-order valence-electron chi connectivity index (χ2n) is 3.52. The van der Waals surface area contributed by atoms with Crippen LogP contribution in [0.2, 0.25) is 0 Å². The van der Waals surface area contributed by atoms with Gasteiger partial charge in [-0.05, 0) is 24.3 Å². The van der Waals surface area contributed by atoms with Crippen molar-refractivity contribution in [3.8, 4) is 11.4 Å². The van der Waals surface area contributed by atoms with Gasteiger partial charge in [-0.1, -0.05) is 18.2 Å². The predicted octanol–water partition coefficient (Wildman–Crippen LogP) is 1.86. The molecule has 0 aliphatic heterocycles. The summed E-state index contributed by atoms with van der Waals surface area (Å²) >= 11 is 0. The molecular weight excluding hydrogens is 202 g/mol. The number of H-pyrrole nitrogens is 1. The van der Waals surface area contributed by atoms with Gasteiger partial charge in [0.15, 0.2) is 5.52 Å². The third kappa shape index (κ3) is 1.32. The number of aromatic nitrogens is 3. The van der Waals surface area contributed by atoms with Crippen LogP contribution in [0, 0.1) is 5.21 Å². The number of hydrogen-bond donors (Lipinski definition) is 1. The van der Waals surface area contributed by atoms with E-state index in [1.54, 1.807) is 6.07 Å². The summed E-state index contributed by atoms with van der Waals surface area (Å²) in [5, 5.41) is 11.5. The summed E-state index contributed by atoms with van der Waals surface area (Å²) in [7, 11) is 0. The molecule has 0 aliphatic rings. The Morgan fingerprint density at radius 1 is 1.06 bits per heavy atom. The number of rotatable bonds is 1. The smallest absolute Gasteiger partial charge is 0.310 e. The van der Waals surface area contributed by atoms with Crippen molar-refractivity contribution in [2.75, 3.05) is 0 Å². The molecule has 0 radical (unpaired) electrons. The number of pyridine rings is 1.